The van der Waals surface area contributed by atoms with Crippen LogP contribution in [0.1, 0.15) is 20.7 Å². The minimum absolute atomic E-state index is 0.183. The minimum Gasteiger partial charge on any atom is -0.478 e. The molecule has 3 rings (SSSR count). The number of aromatic nitrogens is 3. The van der Waals surface area contributed by atoms with Gasteiger partial charge in [0, 0.05) is 0 Å². The van der Waals surface area contributed by atoms with Gasteiger partial charge in [-0.3, -0.25) is 10.1 Å². The molecule has 104 valence electrons. The zero-order valence-electron chi connectivity index (χ0n) is 10.5. The smallest absolute Gasteiger partial charge is 0.335 e. The van der Waals surface area contributed by atoms with Gasteiger partial charge in [-0.2, -0.15) is 10.2 Å². The standard InChI is InChI=1S/C13H8N4O3S/c18-11(8-3-4-14-15-6-8)17-13-16-9-2-1-7(12(19)20)5-10(9)21-13/h1-6H,(H,19,20)(H,16,17,18). The molecule has 0 saturated heterocycles. The van der Waals surface area contributed by atoms with Gasteiger partial charge in [0.2, 0.25) is 0 Å². The summed E-state index contributed by atoms with van der Waals surface area (Å²) >= 11 is 1.21. The van der Waals surface area contributed by atoms with Crippen LogP contribution in [0, 0.1) is 0 Å². The minimum atomic E-state index is -1.00. The van der Waals surface area contributed by atoms with E-state index in [4.69, 9.17) is 5.11 Å². The van der Waals surface area contributed by atoms with Crippen LogP contribution in [-0.4, -0.2) is 32.2 Å². The highest BCUT2D eigenvalue weighted by Crippen LogP contribution is 2.27. The Morgan fingerprint density at radius 2 is 2.00 bits per heavy atom. The van der Waals surface area contributed by atoms with Gasteiger partial charge in [-0.15, -0.1) is 0 Å². The normalized spacial score (nSPS) is 10.5. The number of fused-ring (bicyclic) bond motifs is 1. The monoisotopic (exact) mass is 300 g/mol. The Kier molecular flexibility index (Phi) is 3.28. The summed E-state index contributed by atoms with van der Waals surface area (Å²) in [7, 11) is 0. The van der Waals surface area contributed by atoms with Crippen LogP contribution < -0.4 is 5.32 Å². The van der Waals surface area contributed by atoms with E-state index in [2.05, 4.69) is 20.5 Å². The molecule has 0 aliphatic carbocycles. The molecule has 2 heterocycles. The van der Waals surface area contributed by atoms with E-state index in [1.165, 1.54) is 41.9 Å². The second-order valence-electron chi connectivity index (χ2n) is 4.09. The summed E-state index contributed by atoms with van der Waals surface area (Å²) in [5.74, 6) is -1.35. The third kappa shape index (κ3) is 2.70. The number of anilines is 1. The summed E-state index contributed by atoms with van der Waals surface area (Å²) in [4.78, 5) is 27.1. The second kappa shape index (κ2) is 5.25. The van der Waals surface area contributed by atoms with Crippen LogP contribution in [0.2, 0.25) is 0 Å². The first kappa shape index (κ1) is 13.1. The first-order chi connectivity index (χ1) is 10.1. The average molecular weight is 300 g/mol. The van der Waals surface area contributed by atoms with Crippen molar-refractivity contribution >= 4 is 38.6 Å². The first-order valence-corrected chi connectivity index (χ1v) is 6.67. The predicted octanol–water partition coefficient (Wildman–Crippen LogP) is 2.04. The van der Waals surface area contributed by atoms with Crippen LogP contribution in [0.3, 0.4) is 0 Å². The number of hydrogen-bond donors (Lipinski definition) is 2. The lowest BCUT2D eigenvalue weighted by Gasteiger charge is -1.99. The summed E-state index contributed by atoms with van der Waals surface area (Å²) in [6.07, 6.45) is 2.78. The molecule has 3 aromatic rings. The number of carboxylic acid groups (broad SMARTS) is 1. The number of benzene rings is 1. The molecule has 0 atom stereocenters. The Balaban J connectivity index is 1.88. The van der Waals surface area contributed by atoms with Crippen LogP contribution in [0.5, 0.6) is 0 Å². The molecule has 21 heavy (non-hydrogen) atoms. The maximum Gasteiger partial charge on any atom is 0.335 e. The van der Waals surface area contributed by atoms with E-state index in [9.17, 15) is 9.59 Å². The van der Waals surface area contributed by atoms with E-state index in [1.54, 1.807) is 6.07 Å². The molecule has 0 spiro atoms. The van der Waals surface area contributed by atoms with E-state index < -0.39 is 5.97 Å². The molecule has 0 aliphatic rings. The van der Waals surface area contributed by atoms with Gasteiger partial charge in [0.05, 0.1) is 33.7 Å². The summed E-state index contributed by atoms with van der Waals surface area (Å²) in [6.45, 7) is 0. The molecule has 2 N–H and O–H groups in total. The Labute approximate surface area is 122 Å². The average Bonchev–Trinajstić information content (AvgIpc) is 2.89. The third-order valence-corrected chi connectivity index (χ3v) is 3.64. The van der Waals surface area contributed by atoms with Gasteiger partial charge in [0.1, 0.15) is 0 Å². The Morgan fingerprint density at radius 3 is 2.71 bits per heavy atom. The van der Waals surface area contributed by atoms with Crippen molar-refractivity contribution in [3.8, 4) is 0 Å². The van der Waals surface area contributed by atoms with E-state index in [0.29, 0.717) is 20.9 Å². The van der Waals surface area contributed by atoms with Crippen LogP contribution in [0.15, 0.2) is 36.7 Å². The molecule has 0 saturated carbocycles. The van der Waals surface area contributed by atoms with Crippen molar-refractivity contribution in [3.63, 3.8) is 0 Å². The molecule has 1 amide bonds. The molecule has 0 aliphatic heterocycles. The number of carbonyl (C=O) groups is 2. The van der Waals surface area contributed by atoms with Crippen molar-refractivity contribution in [1.29, 1.82) is 0 Å². The van der Waals surface area contributed by atoms with E-state index in [-0.39, 0.29) is 11.5 Å². The molecule has 8 heteroatoms. The highest BCUT2D eigenvalue weighted by Gasteiger charge is 2.11. The van der Waals surface area contributed by atoms with Gasteiger partial charge in [-0.25, -0.2) is 9.78 Å². The molecule has 0 bridgehead atoms. The molecule has 0 fully saturated rings. The molecule has 0 unspecified atom stereocenters. The number of carboxylic acids is 1. The maximum atomic E-state index is 12.0. The van der Waals surface area contributed by atoms with Gasteiger partial charge in [-0.05, 0) is 24.3 Å². The summed E-state index contributed by atoms with van der Waals surface area (Å²) in [6, 6.07) is 6.15. The summed E-state index contributed by atoms with van der Waals surface area (Å²) in [5, 5.41) is 19.2. The van der Waals surface area contributed by atoms with Crippen molar-refractivity contribution < 1.29 is 14.7 Å². The van der Waals surface area contributed by atoms with Gasteiger partial charge in [0.15, 0.2) is 5.13 Å². The quantitative estimate of drug-likeness (QED) is 0.766. The van der Waals surface area contributed by atoms with Crippen molar-refractivity contribution in [2.24, 2.45) is 0 Å². The molecular weight excluding hydrogens is 292 g/mol. The van der Waals surface area contributed by atoms with Gasteiger partial charge < -0.3 is 5.11 Å². The van der Waals surface area contributed by atoms with Crippen LogP contribution in [0.25, 0.3) is 10.2 Å². The number of hydrogen-bond acceptors (Lipinski definition) is 6. The van der Waals surface area contributed by atoms with E-state index in [1.807, 2.05) is 0 Å². The van der Waals surface area contributed by atoms with Crippen LogP contribution in [0.4, 0.5) is 5.13 Å². The molecule has 1 aromatic carbocycles. The fourth-order valence-corrected chi connectivity index (χ4v) is 2.61. The topological polar surface area (TPSA) is 105 Å². The van der Waals surface area contributed by atoms with Crippen molar-refractivity contribution in [1.82, 2.24) is 15.2 Å². The van der Waals surface area contributed by atoms with Crippen LogP contribution in [-0.2, 0) is 0 Å². The predicted molar refractivity (Wildman–Crippen MR) is 76.6 cm³/mol. The third-order valence-electron chi connectivity index (χ3n) is 2.70. The molecular formula is C13H8N4O3S. The Bertz CT molecular complexity index is 832. The SMILES string of the molecule is O=C(O)c1ccc2nc(NC(=O)c3ccnnc3)sc2c1. The lowest BCUT2D eigenvalue weighted by Crippen LogP contribution is -2.11. The Morgan fingerprint density at radius 1 is 1.14 bits per heavy atom. The highest BCUT2D eigenvalue weighted by atomic mass is 32.1. The van der Waals surface area contributed by atoms with Crippen LogP contribution >= 0.6 is 11.3 Å². The zero-order valence-corrected chi connectivity index (χ0v) is 11.3. The van der Waals surface area contributed by atoms with Gasteiger partial charge >= 0.3 is 5.97 Å². The number of nitrogens with zero attached hydrogens (tertiary/aromatic N) is 3. The second-order valence-corrected chi connectivity index (χ2v) is 5.12. The number of amides is 1. The fraction of sp³-hybridized carbons (Fsp3) is 0. The summed E-state index contributed by atoms with van der Waals surface area (Å²) in [5.41, 5.74) is 1.19. The number of rotatable bonds is 3. The molecule has 7 nitrogen and oxygen atoms in total. The highest BCUT2D eigenvalue weighted by molar-refractivity contribution is 7.22. The van der Waals surface area contributed by atoms with E-state index in [0.717, 1.165) is 0 Å². The van der Waals surface area contributed by atoms with Gasteiger partial charge in [-0.1, -0.05) is 11.3 Å². The lowest BCUT2D eigenvalue weighted by atomic mass is 10.2. The number of carbonyl (C=O) groups excluding carboxylic acids is 1. The number of aromatic carboxylic acids is 1. The maximum absolute atomic E-state index is 12.0. The lowest BCUT2D eigenvalue weighted by molar-refractivity contribution is 0.0697. The molecule has 0 radical (unpaired) electrons. The van der Waals surface area contributed by atoms with Gasteiger partial charge in [0.25, 0.3) is 5.91 Å². The molecule has 2 aromatic heterocycles. The van der Waals surface area contributed by atoms with Crippen molar-refractivity contribution in [3.05, 3.63) is 47.8 Å². The largest absolute Gasteiger partial charge is 0.478 e. The Hall–Kier alpha value is -2.87. The van der Waals surface area contributed by atoms with E-state index >= 15 is 0 Å². The number of thiazole rings is 1. The van der Waals surface area contributed by atoms with Crippen molar-refractivity contribution in [2.45, 2.75) is 0 Å². The first-order valence-electron chi connectivity index (χ1n) is 5.85. The fourth-order valence-electron chi connectivity index (χ4n) is 1.71. The number of nitrogens with one attached hydrogen (secondary N) is 1. The van der Waals surface area contributed by atoms with Crippen molar-refractivity contribution in [2.75, 3.05) is 5.32 Å². The zero-order chi connectivity index (χ0) is 14.8. The summed E-state index contributed by atoms with van der Waals surface area (Å²) < 4.78 is 0.693.